The van der Waals surface area contributed by atoms with Gasteiger partial charge in [0.05, 0.1) is 5.02 Å². The normalized spacial score (nSPS) is 26.2. The molecule has 1 fully saturated rings. The molecule has 0 aliphatic heterocycles. The SMILES string of the molecule is CC1CCC(NC(=O)c2cc(Cl)cn2C)(C(=O)O)CC1. The van der Waals surface area contributed by atoms with Crippen molar-refractivity contribution < 1.29 is 14.7 Å². The summed E-state index contributed by atoms with van der Waals surface area (Å²) in [7, 11) is 1.71. The van der Waals surface area contributed by atoms with Gasteiger partial charge in [-0.05, 0) is 37.7 Å². The number of nitrogens with one attached hydrogen (secondary N) is 1. The van der Waals surface area contributed by atoms with Crippen LogP contribution in [-0.4, -0.2) is 27.1 Å². The minimum Gasteiger partial charge on any atom is -0.480 e. The Morgan fingerprint density at radius 3 is 2.50 bits per heavy atom. The molecule has 1 aliphatic rings. The van der Waals surface area contributed by atoms with Gasteiger partial charge in [-0.1, -0.05) is 18.5 Å². The molecule has 0 aromatic carbocycles. The maximum Gasteiger partial charge on any atom is 0.329 e. The maximum atomic E-state index is 12.3. The van der Waals surface area contributed by atoms with Crippen molar-refractivity contribution in [3.63, 3.8) is 0 Å². The van der Waals surface area contributed by atoms with Gasteiger partial charge in [0, 0.05) is 13.2 Å². The zero-order valence-electron chi connectivity index (χ0n) is 11.6. The number of carboxylic acid groups (broad SMARTS) is 1. The first kappa shape index (κ1) is 14.9. The van der Waals surface area contributed by atoms with Gasteiger partial charge in [-0.3, -0.25) is 4.79 Å². The van der Waals surface area contributed by atoms with Crippen LogP contribution in [0.1, 0.15) is 43.1 Å². The maximum absolute atomic E-state index is 12.3. The Morgan fingerprint density at radius 2 is 2.05 bits per heavy atom. The number of carbonyl (C=O) groups excluding carboxylic acids is 1. The second-order valence-electron chi connectivity index (χ2n) is 5.68. The fourth-order valence-corrected chi connectivity index (χ4v) is 2.93. The number of rotatable bonds is 3. The van der Waals surface area contributed by atoms with Crippen LogP contribution < -0.4 is 5.32 Å². The Labute approximate surface area is 122 Å². The van der Waals surface area contributed by atoms with Gasteiger partial charge in [-0.25, -0.2) is 4.79 Å². The van der Waals surface area contributed by atoms with Crippen LogP contribution >= 0.6 is 11.6 Å². The van der Waals surface area contributed by atoms with Gasteiger partial charge in [0.15, 0.2) is 0 Å². The van der Waals surface area contributed by atoms with Gasteiger partial charge in [-0.2, -0.15) is 0 Å². The number of nitrogens with zero attached hydrogens (tertiary/aromatic N) is 1. The minimum absolute atomic E-state index is 0.370. The predicted octanol–water partition coefficient (Wildman–Crippen LogP) is 2.44. The molecule has 5 nitrogen and oxygen atoms in total. The van der Waals surface area contributed by atoms with Crippen molar-refractivity contribution in [2.45, 2.75) is 38.1 Å². The highest BCUT2D eigenvalue weighted by molar-refractivity contribution is 6.31. The average Bonchev–Trinajstić information content (AvgIpc) is 2.71. The summed E-state index contributed by atoms with van der Waals surface area (Å²) in [6, 6.07) is 1.54. The summed E-state index contributed by atoms with van der Waals surface area (Å²) >= 11 is 5.85. The van der Waals surface area contributed by atoms with Crippen molar-refractivity contribution in [1.82, 2.24) is 9.88 Å². The molecule has 1 aliphatic carbocycles. The van der Waals surface area contributed by atoms with Gasteiger partial charge in [-0.15, -0.1) is 0 Å². The Balaban J connectivity index is 2.19. The molecular weight excluding hydrogens is 280 g/mol. The Morgan fingerprint density at radius 1 is 1.45 bits per heavy atom. The first-order valence-corrected chi connectivity index (χ1v) is 7.09. The Kier molecular flexibility index (Phi) is 4.09. The second-order valence-corrected chi connectivity index (χ2v) is 6.11. The topological polar surface area (TPSA) is 71.3 Å². The average molecular weight is 299 g/mol. The van der Waals surface area contributed by atoms with E-state index in [1.807, 2.05) is 0 Å². The van der Waals surface area contributed by atoms with Crippen LogP contribution in [0.4, 0.5) is 0 Å². The molecular formula is C14H19ClN2O3. The number of halogens is 1. The number of hydrogen-bond donors (Lipinski definition) is 2. The number of carbonyl (C=O) groups is 2. The molecule has 0 saturated heterocycles. The number of amides is 1. The first-order chi connectivity index (χ1) is 9.34. The van der Waals surface area contributed by atoms with E-state index in [9.17, 15) is 14.7 Å². The molecule has 0 radical (unpaired) electrons. The molecule has 1 saturated carbocycles. The van der Waals surface area contributed by atoms with E-state index in [1.165, 1.54) is 6.07 Å². The molecule has 110 valence electrons. The molecule has 1 heterocycles. The zero-order valence-corrected chi connectivity index (χ0v) is 12.4. The van der Waals surface area contributed by atoms with Crippen LogP contribution in [0.2, 0.25) is 5.02 Å². The molecule has 2 rings (SSSR count). The number of hydrogen-bond acceptors (Lipinski definition) is 2. The minimum atomic E-state index is -1.15. The van der Waals surface area contributed by atoms with Crippen molar-refractivity contribution in [3.8, 4) is 0 Å². The van der Waals surface area contributed by atoms with Crippen LogP contribution in [-0.2, 0) is 11.8 Å². The van der Waals surface area contributed by atoms with E-state index in [-0.39, 0.29) is 0 Å². The number of aromatic nitrogens is 1. The first-order valence-electron chi connectivity index (χ1n) is 6.72. The third-order valence-corrected chi connectivity index (χ3v) is 4.30. The highest BCUT2D eigenvalue weighted by Gasteiger charge is 2.42. The number of aliphatic carboxylic acids is 1. The van der Waals surface area contributed by atoms with E-state index in [0.29, 0.717) is 29.5 Å². The van der Waals surface area contributed by atoms with E-state index in [4.69, 9.17) is 11.6 Å². The quantitative estimate of drug-likeness (QED) is 0.900. The van der Waals surface area contributed by atoms with E-state index in [2.05, 4.69) is 12.2 Å². The molecule has 1 aromatic heterocycles. The van der Waals surface area contributed by atoms with Crippen LogP contribution in [0.5, 0.6) is 0 Å². The number of carboxylic acids is 1. The Hall–Kier alpha value is -1.49. The summed E-state index contributed by atoms with van der Waals surface area (Å²) in [5.74, 6) is -0.849. The molecule has 6 heteroatoms. The van der Waals surface area contributed by atoms with Crippen molar-refractivity contribution >= 4 is 23.5 Å². The van der Waals surface area contributed by atoms with Gasteiger partial charge in [0.2, 0.25) is 0 Å². The predicted molar refractivity (Wildman–Crippen MR) is 75.9 cm³/mol. The molecule has 0 spiro atoms. The van der Waals surface area contributed by atoms with E-state index < -0.39 is 17.4 Å². The van der Waals surface area contributed by atoms with Crippen LogP contribution in [0.3, 0.4) is 0 Å². The molecule has 2 N–H and O–H groups in total. The third-order valence-electron chi connectivity index (χ3n) is 4.09. The molecule has 0 atom stereocenters. The fraction of sp³-hybridized carbons (Fsp3) is 0.571. The number of aryl methyl sites for hydroxylation is 1. The largest absolute Gasteiger partial charge is 0.480 e. The fourth-order valence-electron chi connectivity index (χ4n) is 2.68. The van der Waals surface area contributed by atoms with E-state index in [1.54, 1.807) is 17.8 Å². The van der Waals surface area contributed by atoms with Crippen molar-refractivity contribution in [2.24, 2.45) is 13.0 Å². The van der Waals surface area contributed by atoms with Crippen molar-refractivity contribution in [2.75, 3.05) is 0 Å². The van der Waals surface area contributed by atoms with Gasteiger partial charge >= 0.3 is 5.97 Å². The van der Waals surface area contributed by atoms with Gasteiger partial charge < -0.3 is 15.0 Å². The van der Waals surface area contributed by atoms with E-state index >= 15 is 0 Å². The lowest BCUT2D eigenvalue weighted by Crippen LogP contribution is -2.56. The zero-order chi connectivity index (χ0) is 14.9. The lowest BCUT2D eigenvalue weighted by atomic mass is 9.77. The molecule has 20 heavy (non-hydrogen) atoms. The third kappa shape index (κ3) is 2.82. The molecule has 0 unspecified atom stereocenters. The summed E-state index contributed by atoms with van der Waals surface area (Å²) in [5, 5.41) is 12.7. The lowest BCUT2D eigenvalue weighted by Gasteiger charge is -2.36. The van der Waals surface area contributed by atoms with Crippen molar-refractivity contribution in [1.29, 1.82) is 0 Å². The highest BCUT2D eigenvalue weighted by Crippen LogP contribution is 2.32. The molecule has 1 amide bonds. The monoisotopic (exact) mass is 298 g/mol. The highest BCUT2D eigenvalue weighted by atomic mass is 35.5. The van der Waals surface area contributed by atoms with Crippen molar-refractivity contribution in [3.05, 3.63) is 23.0 Å². The summed E-state index contributed by atoms with van der Waals surface area (Å²) in [6.07, 6.45) is 4.16. The Bertz CT molecular complexity index is 531. The van der Waals surface area contributed by atoms with Gasteiger partial charge in [0.1, 0.15) is 11.2 Å². The standard InChI is InChI=1S/C14H19ClN2O3/c1-9-3-5-14(6-4-9,13(19)20)16-12(18)11-7-10(15)8-17(11)2/h7-9H,3-6H2,1-2H3,(H,16,18)(H,19,20). The van der Waals surface area contributed by atoms with Crippen LogP contribution in [0.15, 0.2) is 12.3 Å². The summed E-state index contributed by atoms with van der Waals surface area (Å²) in [5.41, 5.74) is -0.783. The van der Waals surface area contributed by atoms with Crippen LogP contribution in [0, 0.1) is 5.92 Å². The summed E-state index contributed by atoms with van der Waals surface area (Å²) in [4.78, 5) is 23.9. The van der Waals surface area contributed by atoms with Gasteiger partial charge in [0.25, 0.3) is 5.91 Å². The lowest BCUT2D eigenvalue weighted by molar-refractivity contribution is -0.146. The van der Waals surface area contributed by atoms with Crippen LogP contribution in [0.25, 0.3) is 0 Å². The summed E-state index contributed by atoms with van der Waals surface area (Å²) < 4.78 is 1.60. The smallest absolute Gasteiger partial charge is 0.329 e. The summed E-state index contributed by atoms with van der Waals surface area (Å²) in [6.45, 7) is 2.10. The molecule has 1 aromatic rings. The van der Waals surface area contributed by atoms with E-state index in [0.717, 1.165) is 12.8 Å². The molecule has 0 bridgehead atoms. The second kappa shape index (κ2) is 5.48.